The van der Waals surface area contributed by atoms with E-state index < -0.39 is 0 Å². The largest absolute Gasteiger partial charge is 0.497 e. The first-order valence-electron chi connectivity index (χ1n) is 7.61. The van der Waals surface area contributed by atoms with E-state index >= 15 is 0 Å². The van der Waals surface area contributed by atoms with Crippen molar-refractivity contribution in [2.45, 2.75) is 18.8 Å². The van der Waals surface area contributed by atoms with Crippen molar-refractivity contribution in [2.75, 3.05) is 19.0 Å². The molecule has 0 aliphatic heterocycles. The standard InChI is InChI=1S/C17H20N4O2/c1-3-9-18-17(22)19-16-14(11-7-8-11)20-21-15(16)12-5-4-6-13(10-12)23-2/h3-6,10-11H,1,7-9H2,2H3,(H,20,21)(H2,18,19,22). The average Bonchev–Trinajstić information content (AvgIpc) is 3.34. The van der Waals surface area contributed by atoms with Crippen LogP contribution in [0.15, 0.2) is 36.9 Å². The molecule has 1 aliphatic carbocycles. The molecule has 1 aliphatic rings. The predicted molar refractivity (Wildman–Crippen MR) is 89.8 cm³/mol. The van der Waals surface area contributed by atoms with Gasteiger partial charge in [-0.3, -0.25) is 5.10 Å². The van der Waals surface area contributed by atoms with Crippen molar-refractivity contribution < 1.29 is 9.53 Å². The van der Waals surface area contributed by atoms with Crippen LogP contribution in [0, 0.1) is 0 Å². The molecule has 2 aromatic rings. The molecule has 6 nitrogen and oxygen atoms in total. The molecule has 0 radical (unpaired) electrons. The Kier molecular flexibility index (Phi) is 4.32. The lowest BCUT2D eigenvalue weighted by Crippen LogP contribution is -2.29. The summed E-state index contributed by atoms with van der Waals surface area (Å²) in [5.74, 6) is 1.19. The van der Waals surface area contributed by atoms with Gasteiger partial charge in [0.25, 0.3) is 0 Å². The first-order chi connectivity index (χ1) is 11.2. The Bertz CT molecular complexity index is 719. The number of methoxy groups -OCH3 is 1. The Morgan fingerprint density at radius 1 is 1.52 bits per heavy atom. The SMILES string of the molecule is C=CCNC(=O)Nc1c(-c2cccc(OC)c2)n[nH]c1C1CC1. The quantitative estimate of drug-likeness (QED) is 0.716. The van der Waals surface area contributed by atoms with Gasteiger partial charge in [-0.1, -0.05) is 18.2 Å². The second kappa shape index (κ2) is 6.56. The van der Waals surface area contributed by atoms with Crippen LogP contribution in [-0.4, -0.2) is 29.9 Å². The molecule has 0 unspecified atom stereocenters. The van der Waals surface area contributed by atoms with Gasteiger partial charge in [0.05, 0.1) is 18.5 Å². The predicted octanol–water partition coefficient (Wildman–Crippen LogP) is 3.27. The molecule has 2 amide bonds. The van der Waals surface area contributed by atoms with E-state index in [1.165, 1.54) is 0 Å². The number of anilines is 1. The van der Waals surface area contributed by atoms with Gasteiger partial charge in [0.1, 0.15) is 11.4 Å². The minimum atomic E-state index is -0.266. The van der Waals surface area contributed by atoms with Gasteiger partial charge in [-0.25, -0.2) is 4.79 Å². The summed E-state index contributed by atoms with van der Waals surface area (Å²) in [7, 11) is 1.63. The Balaban J connectivity index is 1.93. The number of hydrogen-bond donors (Lipinski definition) is 3. The summed E-state index contributed by atoms with van der Waals surface area (Å²) in [5, 5.41) is 13.1. The number of benzene rings is 1. The molecule has 1 heterocycles. The molecule has 0 saturated heterocycles. The molecule has 1 aromatic carbocycles. The van der Waals surface area contributed by atoms with E-state index in [4.69, 9.17) is 4.74 Å². The molecule has 0 bridgehead atoms. The number of carbonyl (C=O) groups is 1. The number of ether oxygens (including phenoxy) is 1. The molecule has 0 spiro atoms. The van der Waals surface area contributed by atoms with Gasteiger partial charge >= 0.3 is 6.03 Å². The van der Waals surface area contributed by atoms with Crippen molar-refractivity contribution in [1.82, 2.24) is 15.5 Å². The molecule has 120 valence electrons. The summed E-state index contributed by atoms with van der Waals surface area (Å²) < 4.78 is 5.27. The van der Waals surface area contributed by atoms with Crippen LogP contribution in [-0.2, 0) is 0 Å². The Morgan fingerprint density at radius 2 is 2.35 bits per heavy atom. The second-order valence-corrected chi connectivity index (χ2v) is 5.49. The van der Waals surface area contributed by atoms with Gasteiger partial charge in [-0.05, 0) is 25.0 Å². The maximum absolute atomic E-state index is 12.0. The number of nitrogens with zero attached hydrogens (tertiary/aromatic N) is 1. The summed E-state index contributed by atoms with van der Waals surface area (Å²) >= 11 is 0. The van der Waals surface area contributed by atoms with Crippen LogP contribution in [0.1, 0.15) is 24.5 Å². The number of aromatic nitrogens is 2. The number of amides is 2. The summed E-state index contributed by atoms with van der Waals surface area (Å²) in [6, 6.07) is 7.36. The van der Waals surface area contributed by atoms with E-state index in [2.05, 4.69) is 27.4 Å². The molecule has 0 atom stereocenters. The number of urea groups is 1. The molecule has 1 fully saturated rings. The van der Waals surface area contributed by atoms with Crippen LogP contribution in [0.25, 0.3) is 11.3 Å². The fourth-order valence-electron chi connectivity index (χ4n) is 2.45. The van der Waals surface area contributed by atoms with E-state index in [-0.39, 0.29) is 6.03 Å². The van der Waals surface area contributed by atoms with Crippen LogP contribution in [0.4, 0.5) is 10.5 Å². The minimum Gasteiger partial charge on any atom is -0.497 e. The number of aromatic amines is 1. The van der Waals surface area contributed by atoms with Crippen LogP contribution in [0.5, 0.6) is 5.75 Å². The maximum atomic E-state index is 12.0. The van der Waals surface area contributed by atoms with E-state index in [1.807, 2.05) is 24.3 Å². The van der Waals surface area contributed by atoms with Crippen molar-refractivity contribution in [1.29, 1.82) is 0 Å². The van der Waals surface area contributed by atoms with Gasteiger partial charge in [-0.15, -0.1) is 6.58 Å². The number of nitrogens with one attached hydrogen (secondary N) is 3. The van der Waals surface area contributed by atoms with Crippen molar-refractivity contribution in [3.63, 3.8) is 0 Å². The molecule has 1 aromatic heterocycles. The van der Waals surface area contributed by atoms with Gasteiger partial charge in [0, 0.05) is 18.0 Å². The summed E-state index contributed by atoms with van der Waals surface area (Å²) in [4.78, 5) is 12.0. The van der Waals surface area contributed by atoms with Crippen molar-refractivity contribution in [2.24, 2.45) is 0 Å². The van der Waals surface area contributed by atoms with Crippen LogP contribution in [0.3, 0.4) is 0 Å². The van der Waals surface area contributed by atoms with Crippen LogP contribution in [0.2, 0.25) is 0 Å². The lowest BCUT2D eigenvalue weighted by Gasteiger charge is -2.09. The third-order valence-electron chi connectivity index (χ3n) is 3.77. The Morgan fingerprint density at radius 3 is 3.04 bits per heavy atom. The third-order valence-corrected chi connectivity index (χ3v) is 3.77. The number of carbonyl (C=O) groups excluding carboxylic acids is 1. The van der Waals surface area contributed by atoms with E-state index in [0.717, 1.165) is 41.2 Å². The first kappa shape index (κ1) is 15.1. The van der Waals surface area contributed by atoms with Gasteiger partial charge in [0.2, 0.25) is 0 Å². The number of rotatable bonds is 6. The fourth-order valence-corrected chi connectivity index (χ4v) is 2.45. The molecular formula is C17H20N4O2. The zero-order valence-electron chi connectivity index (χ0n) is 13.1. The van der Waals surface area contributed by atoms with Gasteiger partial charge in [-0.2, -0.15) is 5.10 Å². The smallest absolute Gasteiger partial charge is 0.319 e. The van der Waals surface area contributed by atoms with E-state index in [1.54, 1.807) is 13.2 Å². The fraction of sp³-hybridized carbons (Fsp3) is 0.294. The summed E-state index contributed by atoms with van der Waals surface area (Å²) in [5.41, 5.74) is 3.34. The van der Waals surface area contributed by atoms with Crippen molar-refractivity contribution in [3.8, 4) is 17.0 Å². The number of hydrogen-bond acceptors (Lipinski definition) is 3. The van der Waals surface area contributed by atoms with E-state index in [9.17, 15) is 4.79 Å². The highest BCUT2D eigenvalue weighted by molar-refractivity contribution is 5.94. The maximum Gasteiger partial charge on any atom is 0.319 e. The highest BCUT2D eigenvalue weighted by atomic mass is 16.5. The summed E-state index contributed by atoms with van der Waals surface area (Å²) in [6.45, 7) is 4.01. The average molecular weight is 312 g/mol. The van der Waals surface area contributed by atoms with E-state index in [0.29, 0.717) is 12.5 Å². The second-order valence-electron chi connectivity index (χ2n) is 5.49. The highest BCUT2D eigenvalue weighted by Crippen LogP contribution is 2.45. The molecule has 6 heteroatoms. The monoisotopic (exact) mass is 312 g/mol. The minimum absolute atomic E-state index is 0.266. The Hall–Kier alpha value is -2.76. The molecule has 23 heavy (non-hydrogen) atoms. The molecular weight excluding hydrogens is 292 g/mol. The third kappa shape index (κ3) is 3.36. The van der Waals surface area contributed by atoms with Crippen LogP contribution < -0.4 is 15.4 Å². The van der Waals surface area contributed by atoms with Crippen molar-refractivity contribution >= 4 is 11.7 Å². The molecule has 1 saturated carbocycles. The van der Waals surface area contributed by atoms with Gasteiger partial charge < -0.3 is 15.4 Å². The lowest BCUT2D eigenvalue weighted by molar-refractivity contribution is 0.253. The van der Waals surface area contributed by atoms with Crippen LogP contribution >= 0.6 is 0 Å². The van der Waals surface area contributed by atoms with Crippen molar-refractivity contribution in [3.05, 3.63) is 42.6 Å². The lowest BCUT2D eigenvalue weighted by atomic mass is 10.1. The topological polar surface area (TPSA) is 79.0 Å². The Labute approximate surface area is 134 Å². The zero-order chi connectivity index (χ0) is 16.2. The summed E-state index contributed by atoms with van der Waals surface area (Å²) in [6.07, 6.45) is 3.87. The molecule has 3 rings (SSSR count). The first-order valence-corrected chi connectivity index (χ1v) is 7.61. The molecule has 3 N–H and O–H groups in total. The zero-order valence-corrected chi connectivity index (χ0v) is 13.1. The highest BCUT2D eigenvalue weighted by Gasteiger charge is 2.30. The normalized spacial score (nSPS) is 13.4. The number of H-pyrrole nitrogens is 1. The van der Waals surface area contributed by atoms with Gasteiger partial charge in [0.15, 0.2) is 0 Å².